The number of fused-ring (bicyclic) bond motifs is 1. The maximum atomic E-state index is 11.1. The van der Waals surface area contributed by atoms with Crippen LogP contribution < -0.4 is 0 Å². The third-order valence-corrected chi connectivity index (χ3v) is 3.37. The zero-order valence-corrected chi connectivity index (χ0v) is 9.73. The monoisotopic (exact) mass is 272 g/mol. The second kappa shape index (κ2) is 3.94. The van der Waals surface area contributed by atoms with Crippen molar-refractivity contribution < 1.29 is 18.3 Å². The van der Waals surface area contributed by atoms with Crippen LogP contribution in [-0.2, 0) is 9.05 Å². The van der Waals surface area contributed by atoms with Crippen molar-refractivity contribution in [3.63, 3.8) is 0 Å². The third kappa shape index (κ3) is 2.34. The van der Waals surface area contributed by atoms with Gasteiger partial charge in [-0.2, -0.15) is 0 Å². The second-order valence-electron chi connectivity index (χ2n) is 3.15. The molecular formula is C9H5ClN2O4S. The molecule has 8 heteroatoms. The molecule has 1 heterocycles. The van der Waals surface area contributed by atoms with E-state index in [0.717, 1.165) is 6.20 Å². The third-order valence-electron chi connectivity index (χ3n) is 2.01. The summed E-state index contributed by atoms with van der Waals surface area (Å²) in [5, 5.41) is 8.71. The fourth-order valence-electron chi connectivity index (χ4n) is 1.25. The number of aromatic carboxylic acids is 1. The smallest absolute Gasteiger partial charge is 0.356 e. The number of benzene rings is 1. The summed E-state index contributed by atoms with van der Waals surface area (Å²) in [5.41, 5.74) is 0.338. The molecule has 0 atom stereocenters. The van der Waals surface area contributed by atoms with E-state index in [-0.39, 0.29) is 21.6 Å². The summed E-state index contributed by atoms with van der Waals surface area (Å²) in [6.07, 6.45) is 1.05. The molecule has 1 aromatic carbocycles. The minimum Gasteiger partial charge on any atom is -0.476 e. The summed E-state index contributed by atoms with van der Waals surface area (Å²) in [6.45, 7) is 0. The van der Waals surface area contributed by atoms with Gasteiger partial charge in [-0.15, -0.1) is 0 Å². The molecule has 0 aliphatic rings. The Morgan fingerprint density at radius 1 is 1.29 bits per heavy atom. The number of hydrogen-bond donors (Lipinski definition) is 1. The maximum absolute atomic E-state index is 11.1. The molecular weight excluding hydrogens is 268 g/mol. The molecule has 17 heavy (non-hydrogen) atoms. The first-order valence-electron chi connectivity index (χ1n) is 4.33. The number of halogens is 1. The molecule has 0 radical (unpaired) electrons. The molecule has 1 aromatic heterocycles. The highest BCUT2D eigenvalue weighted by atomic mass is 35.7. The zero-order chi connectivity index (χ0) is 12.6. The van der Waals surface area contributed by atoms with E-state index in [1.54, 1.807) is 0 Å². The predicted molar refractivity (Wildman–Crippen MR) is 59.5 cm³/mol. The zero-order valence-electron chi connectivity index (χ0n) is 8.16. The first-order valence-corrected chi connectivity index (χ1v) is 6.63. The van der Waals surface area contributed by atoms with Gasteiger partial charge in [0.2, 0.25) is 0 Å². The van der Waals surface area contributed by atoms with Crippen LogP contribution in [0.25, 0.3) is 11.0 Å². The molecule has 88 valence electrons. The average molecular weight is 273 g/mol. The van der Waals surface area contributed by atoms with Gasteiger partial charge in [0.1, 0.15) is 0 Å². The van der Waals surface area contributed by atoms with Gasteiger partial charge in [-0.25, -0.2) is 18.2 Å². The molecule has 0 saturated carbocycles. The van der Waals surface area contributed by atoms with Crippen LogP contribution in [0, 0.1) is 0 Å². The highest BCUT2D eigenvalue weighted by Crippen LogP contribution is 2.19. The van der Waals surface area contributed by atoms with Crippen LogP contribution in [0.2, 0.25) is 0 Å². The van der Waals surface area contributed by atoms with Crippen LogP contribution in [0.5, 0.6) is 0 Å². The van der Waals surface area contributed by atoms with Gasteiger partial charge in [-0.1, -0.05) is 0 Å². The molecule has 0 aliphatic carbocycles. The molecule has 2 aromatic rings. The van der Waals surface area contributed by atoms with Crippen molar-refractivity contribution in [2.24, 2.45) is 0 Å². The number of carboxylic acid groups (broad SMARTS) is 1. The Bertz CT molecular complexity index is 714. The van der Waals surface area contributed by atoms with Gasteiger partial charge in [0, 0.05) is 10.7 Å². The Kier molecular flexibility index (Phi) is 2.72. The quantitative estimate of drug-likeness (QED) is 0.827. The van der Waals surface area contributed by atoms with Gasteiger partial charge < -0.3 is 5.11 Å². The van der Waals surface area contributed by atoms with Gasteiger partial charge in [0.05, 0.1) is 22.1 Å². The van der Waals surface area contributed by atoms with Crippen molar-refractivity contribution >= 4 is 36.7 Å². The topological polar surface area (TPSA) is 97.2 Å². The minimum atomic E-state index is -3.83. The molecule has 0 amide bonds. The van der Waals surface area contributed by atoms with Crippen LogP contribution in [0.4, 0.5) is 0 Å². The Labute approximate surface area is 100 Å². The molecule has 0 spiro atoms. The maximum Gasteiger partial charge on any atom is 0.356 e. The Balaban J connectivity index is 2.66. The van der Waals surface area contributed by atoms with Crippen molar-refractivity contribution in [2.75, 3.05) is 0 Å². The fourth-order valence-corrected chi connectivity index (χ4v) is 2.02. The molecule has 6 nitrogen and oxygen atoms in total. The van der Waals surface area contributed by atoms with Crippen molar-refractivity contribution in [3.05, 3.63) is 30.1 Å². The minimum absolute atomic E-state index is 0.107. The summed E-state index contributed by atoms with van der Waals surface area (Å²) in [6, 6.07) is 3.82. The van der Waals surface area contributed by atoms with E-state index in [1.807, 2.05) is 0 Å². The van der Waals surface area contributed by atoms with Crippen molar-refractivity contribution in [3.8, 4) is 0 Å². The number of aromatic nitrogens is 2. The molecule has 1 N–H and O–H groups in total. The second-order valence-corrected chi connectivity index (χ2v) is 5.71. The first-order chi connectivity index (χ1) is 7.88. The normalized spacial score (nSPS) is 11.6. The van der Waals surface area contributed by atoms with Gasteiger partial charge in [0.25, 0.3) is 9.05 Å². The van der Waals surface area contributed by atoms with Gasteiger partial charge in [0.15, 0.2) is 5.69 Å². The van der Waals surface area contributed by atoms with Crippen molar-refractivity contribution in [2.45, 2.75) is 4.90 Å². The van der Waals surface area contributed by atoms with Gasteiger partial charge in [-0.3, -0.25) is 4.98 Å². The molecule has 2 rings (SSSR count). The molecule has 0 fully saturated rings. The molecule has 0 saturated heterocycles. The SMILES string of the molecule is O=C(O)c1cnc2cc(S(=O)(=O)Cl)ccc2n1. The number of carboxylic acids is 1. The molecule has 0 aliphatic heterocycles. The van der Waals surface area contributed by atoms with E-state index < -0.39 is 15.0 Å². The highest BCUT2D eigenvalue weighted by molar-refractivity contribution is 8.13. The fraction of sp³-hybridized carbons (Fsp3) is 0. The lowest BCUT2D eigenvalue weighted by Gasteiger charge is -2.00. The lowest BCUT2D eigenvalue weighted by atomic mass is 10.3. The lowest BCUT2D eigenvalue weighted by Crippen LogP contribution is -2.01. The largest absolute Gasteiger partial charge is 0.476 e. The van der Waals surface area contributed by atoms with Crippen LogP contribution in [-0.4, -0.2) is 29.5 Å². The highest BCUT2D eigenvalue weighted by Gasteiger charge is 2.12. The number of carbonyl (C=O) groups is 1. The van der Waals surface area contributed by atoms with Crippen LogP contribution >= 0.6 is 10.7 Å². The summed E-state index contributed by atoms with van der Waals surface area (Å²) in [4.78, 5) is 18.2. The van der Waals surface area contributed by atoms with E-state index in [9.17, 15) is 13.2 Å². The Hall–Kier alpha value is -1.73. The average Bonchev–Trinajstić information content (AvgIpc) is 2.26. The van der Waals surface area contributed by atoms with Crippen LogP contribution in [0.1, 0.15) is 10.5 Å². The lowest BCUT2D eigenvalue weighted by molar-refractivity contribution is 0.0690. The Morgan fingerprint density at radius 2 is 2.00 bits per heavy atom. The standard InChI is InChI=1S/C9H5ClN2O4S/c10-17(15,16)5-1-2-6-7(3-5)11-4-8(12-6)9(13)14/h1-4H,(H,13,14). The van der Waals surface area contributed by atoms with E-state index in [4.69, 9.17) is 15.8 Å². The summed E-state index contributed by atoms with van der Waals surface area (Å²) in [5.74, 6) is -1.20. The van der Waals surface area contributed by atoms with Crippen molar-refractivity contribution in [1.29, 1.82) is 0 Å². The molecule has 0 unspecified atom stereocenters. The summed E-state index contributed by atoms with van der Waals surface area (Å²) in [7, 11) is 1.34. The van der Waals surface area contributed by atoms with Crippen molar-refractivity contribution in [1.82, 2.24) is 9.97 Å². The first kappa shape index (κ1) is 11.7. The van der Waals surface area contributed by atoms with E-state index in [0.29, 0.717) is 0 Å². The number of hydrogen-bond acceptors (Lipinski definition) is 5. The van der Waals surface area contributed by atoms with Crippen LogP contribution in [0.3, 0.4) is 0 Å². The Morgan fingerprint density at radius 3 is 2.59 bits per heavy atom. The van der Waals surface area contributed by atoms with Gasteiger partial charge in [-0.05, 0) is 18.2 Å². The molecule has 0 bridgehead atoms. The predicted octanol–water partition coefficient (Wildman–Crippen LogP) is 1.26. The van der Waals surface area contributed by atoms with Crippen LogP contribution in [0.15, 0.2) is 29.3 Å². The van der Waals surface area contributed by atoms with E-state index >= 15 is 0 Å². The summed E-state index contributed by atoms with van der Waals surface area (Å²) >= 11 is 0. The summed E-state index contributed by atoms with van der Waals surface area (Å²) < 4.78 is 22.1. The van der Waals surface area contributed by atoms with E-state index in [1.165, 1.54) is 18.2 Å². The number of nitrogens with zero attached hydrogens (tertiary/aromatic N) is 2. The number of rotatable bonds is 2. The van der Waals surface area contributed by atoms with E-state index in [2.05, 4.69) is 9.97 Å². The van der Waals surface area contributed by atoms with Gasteiger partial charge >= 0.3 is 5.97 Å².